The molecule has 0 aliphatic heterocycles. The molecule has 4 nitrogen and oxygen atoms in total. The fraction of sp³-hybridized carbons (Fsp3) is 0.696. The Labute approximate surface area is 162 Å². The Hall–Kier alpha value is -1.55. The third-order valence-corrected chi connectivity index (χ3v) is 7.56. The van der Waals surface area contributed by atoms with Gasteiger partial charge in [-0.1, -0.05) is 13.3 Å². The summed E-state index contributed by atoms with van der Waals surface area (Å²) in [6, 6.07) is 4.17. The van der Waals surface area contributed by atoms with Crippen LogP contribution in [0.5, 0.6) is 5.75 Å². The van der Waals surface area contributed by atoms with Crippen molar-refractivity contribution in [3.8, 4) is 5.75 Å². The van der Waals surface area contributed by atoms with E-state index < -0.39 is 0 Å². The van der Waals surface area contributed by atoms with Crippen molar-refractivity contribution >= 4 is 5.97 Å². The van der Waals surface area contributed by atoms with Crippen LogP contribution in [0.2, 0.25) is 0 Å². The van der Waals surface area contributed by atoms with Crippen molar-refractivity contribution in [3.05, 3.63) is 28.8 Å². The van der Waals surface area contributed by atoms with E-state index in [9.17, 15) is 4.79 Å². The molecule has 0 bridgehead atoms. The highest BCUT2D eigenvalue weighted by atomic mass is 16.5. The number of aryl methyl sites for hydroxylation is 1. The monoisotopic (exact) mass is 372 g/mol. The molecule has 4 heteroatoms. The first-order chi connectivity index (χ1) is 13.1. The smallest absolute Gasteiger partial charge is 0.341 e. The van der Waals surface area contributed by atoms with E-state index in [1.807, 2.05) is 0 Å². The molecule has 0 aromatic heterocycles. The second kappa shape index (κ2) is 7.46. The van der Waals surface area contributed by atoms with E-state index in [1.165, 1.54) is 56.8 Å². The van der Waals surface area contributed by atoms with Crippen molar-refractivity contribution in [3.63, 3.8) is 0 Å². The Morgan fingerprint density at radius 3 is 2.78 bits per heavy atom. The largest absolute Gasteiger partial charge is 0.490 e. The highest BCUT2D eigenvalue weighted by Gasteiger charge is 2.50. The Kier molecular flexibility index (Phi) is 5.19. The van der Waals surface area contributed by atoms with Gasteiger partial charge in [-0.2, -0.15) is 0 Å². The molecular weight excluding hydrogens is 340 g/mol. The lowest BCUT2D eigenvalue weighted by Crippen LogP contribution is -2.39. The van der Waals surface area contributed by atoms with Gasteiger partial charge in [0.2, 0.25) is 0 Å². The summed E-state index contributed by atoms with van der Waals surface area (Å²) in [5, 5.41) is 0. The number of esters is 1. The van der Waals surface area contributed by atoms with Crippen LogP contribution in [0.25, 0.3) is 0 Å². The number of ether oxygens (including phenoxy) is 3. The van der Waals surface area contributed by atoms with Crippen LogP contribution in [0.1, 0.15) is 72.9 Å². The molecule has 3 aliphatic carbocycles. The van der Waals surface area contributed by atoms with Gasteiger partial charge in [0, 0.05) is 7.11 Å². The molecule has 0 spiro atoms. The maximum Gasteiger partial charge on any atom is 0.341 e. The van der Waals surface area contributed by atoms with Gasteiger partial charge < -0.3 is 14.2 Å². The van der Waals surface area contributed by atoms with Crippen LogP contribution in [0.3, 0.4) is 0 Å². The molecule has 4 rings (SSSR count). The molecule has 3 aliphatic rings. The fourth-order valence-electron chi connectivity index (χ4n) is 6.22. The van der Waals surface area contributed by atoms with Gasteiger partial charge in [0.1, 0.15) is 17.9 Å². The normalized spacial score (nSPS) is 31.6. The summed E-state index contributed by atoms with van der Waals surface area (Å²) < 4.78 is 16.0. The summed E-state index contributed by atoms with van der Waals surface area (Å²) >= 11 is 0. The topological polar surface area (TPSA) is 44.8 Å². The van der Waals surface area contributed by atoms with Gasteiger partial charge in [-0.15, -0.1) is 0 Å². The predicted molar refractivity (Wildman–Crippen MR) is 104 cm³/mol. The molecule has 2 fully saturated rings. The Bertz CT molecular complexity index is 713. The molecule has 0 radical (unpaired) electrons. The number of hydrogen-bond donors (Lipinski definition) is 0. The number of fused-ring (bicyclic) bond motifs is 5. The SMILES string of the molecule is COCCOc1cc2c(cc1C(=O)OC)C1CC[C@]3(C)CCCC3C1CC2. The van der Waals surface area contributed by atoms with Crippen molar-refractivity contribution < 1.29 is 19.0 Å². The molecule has 4 atom stereocenters. The fourth-order valence-corrected chi connectivity index (χ4v) is 6.22. The van der Waals surface area contributed by atoms with Crippen LogP contribution in [-0.4, -0.2) is 33.4 Å². The van der Waals surface area contributed by atoms with Crippen LogP contribution >= 0.6 is 0 Å². The summed E-state index contributed by atoms with van der Waals surface area (Å²) in [6.45, 7) is 3.46. The first-order valence-corrected chi connectivity index (χ1v) is 10.4. The first-order valence-electron chi connectivity index (χ1n) is 10.4. The molecule has 1 aromatic carbocycles. The number of carbonyl (C=O) groups is 1. The molecule has 0 heterocycles. The van der Waals surface area contributed by atoms with Crippen LogP contribution < -0.4 is 4.74 Å². The lowest BCUT2D eigenvalue weighted by atomic mass is 9.56. The summed E-state index contributed by atoms with van der Waals surface area (Å²) in [5.74, 6) is 2.53. The first kappa shape index (κ1) is 18.8. The molecule has 3 unspecified atom stereocenters. The average molecular weight is 373 g/mol. The van der Waals surface area contributed by atoms with Crippen LogP contribution in [-0.2, 0) is 15.9 Å². The van der Waals surface area contributed by atoms with Crippen molar-refractivity contribution in [1.29, 1.82) is 0 Å². The van der Waals surface area contributed by atoms with Crippen LogP contribution in [0, 0.1) is 17.3 Å². The van der Waals surface area contributed by atoms with E-state index >= 15 is 0 Å². The number of carbonyl (C=O) groups excluding carboxylic acids is 1. The number of benzene rings is 1. The second-order valence-electron chi connectivity index (χ2n) is 8.88. The van der Waals surface area contributed by atoms with E-state index in [-0.39, 0.29) is 5.97 Å². The number of rotatable bonds is 5. The average Bonchev–Trinajstić information content (AvgIpc) is 3.08. The summed E-state index contributed by atoms with van der Waals surface area (Å²) in [6.07, 6.45) is 9.09. The maximum absolute atomic E-state index is 12.4. The molecule has 0 amide bonds. The van der Waals surface area contributed by atoms with Crippen molar-refractivity contribution in [2.45, 2.75) is 57.8 Å². The van der Waals surface area contributed by atoms with E-state index in [1.54, 1.807) is 7.11 Å². The lowest BCUT2D eigenvalue weighted by molar-refractivity contribution is 0.0574. The summed E-state index contributed by atoms with van der Waals surface area (Å²) in [4.78, 5) is 12.4. The molecule has 2 saturated carbocycles. The van der Waals surface area contributed by atoms with E-state index in [0.29, 0.717) is 35.9 Å². The minimum Gasteiger partial charge on any atom is -0.490 e. The lowest BCUT2D eigenvalue weighted by Gasteiger charge is -2.49. The zero-order valence-electron chi connectivity index (χ0n) is 16.9. The van der Waals surface area contributed by atoms with Gasteiger partial charge in [0.15, 0.2) is 0 Å². The Morgan fingerprint density at radius 1 is 1.15 bits per heavy atom. The molecule has 148 valence electrons. The number of hydrogen-bond acceptors (Lipinski definition) is 4. The molecule has 0 N–H and O–H groups in total. The van der Waals surface area contributed by atoms with Crippen LogP contribution in [0.4, 0.5) is 0 Å². The maximum atomic E-state index is 12.4. The minimum absolute atomic E-state index is 0.311. The van der Waals surface area contributed by atoms with Crippen molar-refractivity contribution in [2.75, 3.05) is 27.4 Å². The summed E-state index contributed by atoms with van der Waals surface area (Å²) in [5.41, 5.74) is 3.85. The molecular formula is C23H32O4. The Morgan fingerprint density at radius 2 is 2.00 bits per heavy atom. The van der Waals surface area contributed by atoms with Crippen molar-refractivity contribution in [2.24, 2.45) is 17.3 Å². The van der Waals surface area contributed by atoms with Crippen LogP contribution in [0.15, 0.2) is 12.1 Å². The zero-order chi connectivity index (χ0) is 19.0. The highest BCUT2D eigenvalue weighted by Crippen LogP contribution is 2.61. The standard InChI is InChI=1S/C23H32O4/c1-23-9-4-5-20(23)17-7-6-15-13-21(27-12-11-25-2)19(22(24)26-3)14-18(15)16(17)8-10-23/h13-14,16-17,20H,4-12H2,1-3H3/t16?,17?,20?,23-/m0/s1. The van der Waals surface area contributed by atoms with Gasteiger partial charge in [-0.25, -0.2) is 4.79 Å². The van der Waals surface area contributed by atoms with Gasteiger partial charge >= 0.3 is 5.97 Å². The van der Waals surface area contributed by atoms with E-state index in [0.717, 1.165) is 18.3 Å². The number of methoxy groups -OCH3 is 2. The quantitative estimate of drug-likeness (QED) is 0.553. The van der Waals surface area contributed by atoms with Gasteiger partial charge in [0.25, 0.3) is 0 Å². The van der Waals surface area contributed by atoms with E-state index in [4.69, 9.17) is 14.2 Å². The molecule has 0 saturated heterocycles. The van der Waals surface area contributed by atoms with Gasteiger partial charge in [-0.3, -0.25) is 0 Å². The third-order valence-electron chi connectivity index (χ3n) is 7.56. The Balaban J connectivity index is 1.67. The zero-order valence-corrected chi connectivity index (χ0v) is 16.9. The highest BCUT2D eigenvalue weighted by molar-refractivity contribution is 5.93. The molecule has 1 aromatic rings. The van der Waals surface area contributed by atoms with Gasteiger partial charge in [-0.05, 0) is 85.0 Å². The summed E-state index contributed by atoms with van der Waals surface area (Å²) in [7, 11) is 3.09. The minimum atomic E-state index is -0.311. The third kappa shape index (κ3) is 3.26. The van der Waals surface area contributed by atoms with Crippen molar-refractivity contribution in [1.82, 2.24) is 0 Å². The predicted octanol–water partition coefficient (Wildman–Crippen LogP) is 4.74. The van der Waals surface area contributed by atoms with E-state index in [2.05, 4.69) is 19.1 Å². The van der Waals surface area contributed by atoms with Gasteiger partial charge in [0.05, 0.1) is 13.7 Å². The molecule has 27 heavy (non-hydrogen) atoms. The second-order valence-corrected chi connectivity index (χ2v) is 8.88.